The van der Waals surface area contributed by atoms with Gasteiger partial charge in [-0.15, -0.1) is 0 Å². The van der Waals surface area contributed by atoms with Crippen molar-refractivity contribution in [3.63, 3.8) is 0 Å². The number of benzene rings is 7. The summed E-state index contributed by atoms with van der Waals surface area (Å²) in [6, 6.07) is 60.5. The van der Waals surface area contributed by atoms with E-state index in [0.29, 0.717) is 0 Å². The van der Waals surface area contributed by atoms with Gasteiger partial charge in [0.25, 0.3) is 0 Å². The molecule has 0 saturated carbocycles. The van der Waals surface area contributed by atoms with Crippen LogP contribution in [0.2, 0.25) is 0 Å². The van der Waals surface area contributed by atoms with E-state index in [9.17, 15) is 0 Å². The molecule has 0 atom stereocenters. The zero-order valence-electron chi connectivity index (χ0n) is 29.4. The molecule has 0 fully saturated rings. The number of fused-ring (bicyclic) bond motifs is 3. The maximum atomic E-state index is 2.47. The highest BCUT2D eigenvalue weighted by Crippen LogP contribution is 2.52. The Bertz CT molecular complexity index is 2310. The monoisotopic (exact) mass is 645 g/mol. The van der Waals surface area contributed by atoms with Gasteiger partial charge in [0, 0.05) is 22.4 Å². The van der Waals surface area contributed by atoms with Crippen molar-refractivity contribution in [2.24, 2.45) is 0 Å². The minimum absolute atomic E-state index is 0.100. The Morgan fingerprint density at radius 1 is 0.420 bits per heavy atom. The van der Waals surface area contributed by atoms with E-state index in [4.69, 9.17) is 0 Å². The molecule has 0 aromatic heterocycles. The fourth-order valence-electron chi connectivity index (χ4n) is 8.10. The number of rotatable bonds is 8. The first-order valence-electron chi connectivity index (χ1n) is 18.0. The van der Waals surface area contributed by atoms with Gasteiger partial charge in [-0.25, -0.2) is 0 Å². The molecule has 8 rings (SSSR count). The molecule has 1 nitrogen and oxygen atoms in total. The minimum Gasteiger partial charge on any atom is -0.310 e. The van der Waals surface area contributed by atoms with E-state index in [1.807, 2.05) is 0 Å². The number of nitrogens with zero attached hydrogens (tertiary/aromatic N) is 1. The molecule has 0 N–H and O–H groups in total. The molecule has 0 radical (unpaired) electrons. The van der Waals surface area contributed by atoms with Crippen molar-refractivity contribution in [1.29, 1.82) is 0 Å². The SMILES string of the molecule is CCc1ccccc1-c1c(CC)cccc1-c1ccccc1N(c1ccc(-c2ccccc2)cc1)c1ccc2c(c1)C(C)(C)c1ccccc1-2. The molecule has 1 heteroatoms. The Morgan fingerprint density at radius 2 is 0.980 bits per heavy atom. The maximum absolute atomic E-state index is 2.47. The second-order valence-electron chi connectivity index (χ2n) is 13.9. The van der Waals surface area contributed by atoms with E-state index >= 15 is 0 Å². The van der Waals surface area contributed by atoms with Gasteiger partial charge in [0.15, 0.2) is 0 Å². The van der Waals surface area contributed by atoms with Gasteiger partial charge in [-0.05, 0) is 104 Å². The topological polar surface area (TPSA) is 3.24 Å². The van der Waals surface area contributed by atoms with E-state index in [1.165, 1.54) is 66.8 Å². The zero-order valence-corrected chi connectivity index (χ0v) is 29.4. The van der Waals surface area contributed by atoms with Gasteiger partial charge in [0.05, 0.1) is 5.69 Å². The fraction of sp³-hybridized carbons (Fsp3) is 0.143. The van der Waals surface area contributed by atoms with Crippen molar-refractivity contribution in [2.45, 2.75) is 46.0 Å². The Kier molecular flexibility index (Phi) is 8.21. The van der Waals surface area contributed by atoms with Crippen LogP contribution >= 0.6 is 0 Å². The molecular weight excluding hydrogens is 603 g/mol. The summed E-state index contributed by atoms with van der Waals surface area (Å²) >= 11 is 0. The quantitative estimate of drug-likeness (QED) is 0.159. The van der Waals surface area contributed by atoms with Crippen LogP contribution in [0.15, 0.2) is 164 Å². The number of hydrogen-bond donors (Lipinski definition) is 0. The Morgan fingerprint density at radius 3 is 1.74 bits per heavy atom. The van der Waals surface area contributed by atoms with Crippen molar-refractivity contribution in [2.75, 3.05) is 4.90 Å². The van der Waals surface area contributed by atoms with Crippen molar-refractivity contribution in [3.8, 4) is 44.5 Å². The molecule has 0 unspecified atom stereocenters. The number of aryl methyl sites for hydroxylation is 2. The lowest BCUT2D eigenvalue weighted by Crippen LogP contribution is -2.17. The van der Waals surface area contributed by atoms with Gasteiger partial charge < -0.3 is 4.90 Å². The highest BCUT2D eigenvalue weighted by molar-refractivity contribution is 5.96. The largest absolute Gasteiger partial charge is 0.310 e. The molecule has 0 heterocycles. The number of para-hydroxylation sites is 1. The minimum atomic E-state index is -0.100. The van der Waals surface area contributed by atoms with Crippen LogP contribution < -0.4 is 4.90 Å². The van der Waals surface area contributed by atoms with Gasteiger partial charge >= 0.3 is 0 Å². The van der Waals surface area contributed by atoms with E-state index < -0.39 is 0 Å². The van der Waals surface area contributed by atoms with Crippen LogP contribution in [-0.2, 0) is 18.3 Å². The third-order valence-electron chi connectivity index (χ3n) is 10.7. The summed E-state index contributed by atoms with van der Waals surface area (Å²) in [5.74, 6) is 0. The zero-order chi connectivity index (χ0) is 34.2. The van der Waals surface area contributed by atoms with Crippen LogP contribution in [-0.4, -0.2) is 0 Å². The van der Waals surface area contributed by atoms with Crippen LogP contribution in [0, 0.1) is 0 Å². The van der Waals surface area contributed by atoms with Crippen molar-refractivity contribution < 1.29 is 0 Å². The van der Waals surface area contributed by atoms with Gasteiger partial charge in [-0.3, -0.25) is 0 Å². The third-order valence-corrected chi connectivity index (χ3v) is 10.7. The molecule has 7 aromatic carbocycles. The fourth-order valence-corrected chi connectivity index (χ4v) is 8.10. The molecule has 244 valence electrons. The van der Waals surface area contributed by atoms with Crippen molar-refractivity contribution >= 4 is 17.1 Å². The first-order chi connectivity index (χ1) is 24.5. The van der Waals surface area contributed by atoms with Gasteiger partial charge in [0.2, 0.25) is 0 Å². The lowest BCUT2D eigenvalue weighted by atomic mass is 9.82. The first-order valence-corrected chi connectivity index (χ1v) is 18.0. The van der Waals surface area contributed by atoms with Crippen molar-refractivity contribution in [1.82, 2.24) is 0 Å². The molecule has 1 aliphatic carbocycles. The van der Waals surface area contributed by atoms with E-state index in [2.05, 4.69) is 196 Å². The van der Waals surface area contributed by atoms with E-state index in [1.54, 1.807) is 0 Å². The maximum Gasteiger partial charge on any atom is 0.0540 e. The lowest BCUT2D eigenvalue weighted by Gasteiger charge is -2.30. The smallest absolute Gasteiger partial charge is 0.0540 e. The predicted molar refractivity (Wildman–Crippen MR) is 214 cm³/mol. The summed E-state index contributed by atoms with van der Waals surface area (Å²) in [5, 5.41) is 0. The Hall–Kier alpha value is -5.66. The number of anilines is 3. The predicted octanol–water partition coefficient (Wildman–Crippen LogP) is 13.6. The van der Waals surface area contributed by atoms with Crippen LogP contribution in [0.4, 0.5) is 17.1 Å². The molecule has 0 spiro atoms. The molecule has 50 heavy (non-hydrogen) atoms. The van der Waals surface area contributed by atoms with Crippen LogP contribution in [0.1, 0.15) is 49.9 Å². The summed E-state index contributed by atoms with van der Waals surface area (Å²) in [7, 11) is 0. The van der Waals surface area contributed by atoms with Crippen molar-refractivity contribution in [3.05, 3.63) is 186 Å². The molecule has 0 bridgehead atoms. The van der Waals surface area contributed by atoms with Crippen LogP contribution in [0.5, 0.6) is 0 Å². The molecule has 1 aliphatic rings. The second kappa shape index (κ2) is 13.0. The van der Waals surface area contributed by atoms with Crippen LogP contribution in [0.25, 0.3) is 44.5 Å². The molecule has 7 aromatic rings. The van der Waals surface area contributed by atoms with E-state index in [0.717, 1.165) is 29.9 Å². The number of hydrogen-bond acceptors (Lipinski definition) is 1. The highest BCUT2D eigenvalue weighted by atomic mass is 15.1. The third kappa shape index (κ3) is 5.35. The van der Waals surface area contributed by atoms with Crippen LogP contribution in [0.3, 0.4) is 0 Å². The Labute approximate surface area is 297 Å². The summed E-state index contributed by atoms with van der Waals surface area (Å²) < 4.78 is 0. The summed E-state index contributed by atoms with van der Waals surface area (Å²) in [6.45, 7) is 9.26. The normalized spacial score (nSPS) is 12.7. The lowest BCUT2D eigenvalue weighted by molar-refractivity contribution is 0.660. The molecule has 0 saturated heterocycles. The van der Waals surface area contributed by atoms with Gasteiger partial charge in [0.1, 0.15) is 0 Å². The van der Waals surface area contributed by atoms with E-state index in [-0.39, 0.29) is 5.41 Å². The first kappa shape index (κ1) is 31.6. The molecule has 0 amide bonds. The summed E-state index contributed by atoms with van der Waals surface area (Å²) in [5.41, 5.74) is 19.1. The average molecular weight is 646 g/mol. The Balaban J connectivity index is 1.36. The second-order valence-corrected chi connectivity index (χ2v) is 13.9. The van der Waals surface area contributed by atoms with Gasteiger partial charge in [-0.1, -0.05) is 161 Å². The molecular formula is C49H43N. The molecule has 0 aliphatic heterocycles. The summed E-state index contributed by atoms with van der Waals surface area (Å²) in [4.78, 5) is 2.47. The average Bonchev–Trinajstić information content (AvgIpc) is 3.41. The summed E-state index contributed by atoms with van der Waals surface area (Å²) in [6.07, 6.45) is 1.96. The highest BCUT2D eigenvalue weighted by Gasteiger charge is 2.36. The standard InChI is InChI=1S/C49H43N/c1-5-34-17-10-11-21-40(34)48-35(6-2)20-16-24-44(48)43-23-13-15-26-47(43)50(38-29-27-37(28-30-38)36-18-8-7-9-19-36)39-31-32-42-41-22-12-14-25-45(41)49(3,4)46(42)33-39/h7-33H,5-6H2,1-4H3. The van der Waals surface area contributed by atoms with Gasteiger partial charge in [-0.2, -0.15) is 0 Å².